The average Bonchev–Trinajstić information content (AvgIpc) is 2.53. The Morgan fingerprint density at radius 2 is 1.95 bits per heavy atom. The highest BCUT2D eigenvalue weighted by Crippen LogP contribution is 2.29. The fraction of sp³-hybridized carbons (Fsp3) is 0.105. The first kappa shape index (κ1) is 14.8. The number of carbonyl (C=O) groups is 1. The Kier molecular flexibility index (Phi) is 4.25. The second kappa shape index (κ2) is 6.32. The van der Waals surface area contributed by atoms with E-state index in [2.05, 4.69) is 15.9 Å². The normalized spacial score (nSPS) is 13.5. The molecule has 1 heterocycles. The van der Waals surface area contributed by atoms with Gasteiger partial charge in [-0.15, -0.1) is 0 Å². The highest BCUT2D eigenvalue weighted by Gasteiger charge is 2.10. The Morgan fingerprint density at radius 1 is 1.18 bits per heavy atom. The van der Waals surface area contributed by atoms with Crippen LogP contribution < -0.4 is 4.74 Å². The van der Waals surface area contributed by atoms with Crippen molar-refractivity contribution in [1.82, 2.24) is 0 Å². The molecule has 0 bridgehead atoms. The predicted molar refractivity (Wildman–Crippen MR) is 92.3 cm³/mol. The van der Waals surface area contributed by atoms with E-state index < -0.39 is 0 Å². The molecule has 0 aliphatic carbocycles. The quantitative estimate of drug-likeness (QED) is 0.574. The molecule has 110 valence electrons. The number of rotatable bonds is 3. The minimum Gasteiger partial charge on any atom is -0.488 e. The van der Waals surface area contributed by atoms with Crippen molar-refractivity contribution in [2.75, 3.05) is 6.61 Å². The summed E-state index contributed by atoms with van der Waals surface area (Å²) in [5, 5.41) is 0. The van der Waals surface area contributed by atoms with Crippen LogP contribution in [-0.2, 0) is 0 Å². The van der Waals surface area contributed by atoms with Gasteiger partial charge in [-0.2, -0.15) is 0 Å². The van der Waals surface area contributed by atoms with Crippen LogP contribution in [0.15, 0.2) is 64.7 Å². The van der Waals surface area contributed by atoms with E-state index in [0.29, 0.717) is 12.2 Å². The summed E-state index contributed by atoms with van der Waals surface area (Å²) in [6.45, 7) is 2.48. The molecule has 0 saturated heterocycles. The summed E-state index contributed by atoms with van der Waals surface area (Å²) in [6.07, 6.45) is 5.47. The van der Waals surface area contributed by atoms with E-state index in [0.717, 1.165) is 26.9 Å². The molecule has 22 heavy (non-hydrogen) atoms. The van der Waals surface area contributed by atoms with Crippen LogP contribution in [0, 0.1) is 6.92 Å². The van der Waals surface area contributed by atoms with Crippen molar-refractivity contribution in [2.45, 2.75) is 6.92 Å². The van der Waals surface area contributed by atoms with Crippen LogP contribution in [0.5, 0.6) is 5.75 Å². The maximum atomic E-state index is 12.1. The number of aryl methyl sites for hydroxylation is 1. The monoisotopic (exact) mass is 354 g/mol. The smallest absolute Gasteiger partial charge is 0.185 e. The molecular weight excluding hydrogens is 340 g/mol. The molecule has 0 unspecified atom stereocenters. The number of hydrogen-bond donors (Lipinski definition) is 0. The van der Waals surface area contributed by atoms with E-state index in [1.165, 1.54) is 0 Å². The van der Waals surface area contributed by atoms with Gasteiger partial charge in [-0.1, -0.05) is 51.8 Å². The van der Waals surface area contributed by atoms with Gasteiger partial charge < -0.3 is 4.74 Å². The van der Waals surface area contributed by atoms with Gasteiger partial charge in [0.05, 0.1) is 0 Å². The number of hydrogen-bond acceptors (Lipinski definition) is 2. The van der Waals surface area contributed by atoms with Gasteiger partial charge >= 0.3 is 0 Å². The lowest BCUT2D eigenvalue weighted by Gasteiger charge is -2.16. The van der Waals surface area contributed by atoms with E-state index in [1.54, 1.807) is 6.08 Å². The third kappa shape index (κ3) is 3.37. The highest BCUT2D eigenvalue weighted by atomic mass is 79.9. The second-order valence-electron chi connectivity index (χ2n) is 5.25. The van der Waals surface area contributed by atoms with Gasteiger partial charge in [0.1, 0.15) is 12.4 Å². The lowest BCUT2D eigenvalue weighted by molar-refractivity contribution is 0.104. The largest absolute Gasteiger partial charge is 0.488 e. The fourth-order valence-electron chi connectivity index (χ4n) is 2.26. The molecule has 2 aromatic carbocycles. The van der Waals surface area contributed by atoms with E-state index in [9.17, 15) is 4.79 Å². The summed E-state index contributed by atoms with van der Waals surface area (Å²) in [4.78, 5) is 12.1. The van der Waals surface area contributed by atoms with Crippen molar-refractivity contribution in [3.05, 3.63) is 81.4 Å². The summed E-state index contributed by atoms with van der Waals surface area (Å²) in [5.41, 5.74) is 3.84. The molecule has 2 aromatic rings. The van der Waals surface area contributed by atoms with Gasteiger partial charge in [0, 0.05) is 15.6 Å². The zero-order valence-electron chi connectivity index (χ0n) is 12.2. The van der Waals surface area contributed by atoms with Crippen molar-refractivity contribution in [3.63, 3.8) is 0 Å². The number of ether oxygens (including phenoxy) is 1. The molecule has 0 fully saturated rings. The molecule has 1 aliphatic rings. The zero-order valence-corrected chi connectivity index (χ0v) is 13.8. The second-order valence-corrected chi connectivity index (χ2v) is 6.17. The molecule has 2 nitrogen and oxygen atoms in total. The average molecular weight is 355 g/mol. The molecule has 0 amide bonds. The number of fused-ring (bicyclic) bond motifs is 1. The van der Waals surface area contributed by atoms with Crippen LogP contribution in [-0.4, -0.2) is 12.4 Å². The van der Waals surface area contributed by atoms with Crippen LogP contribution in [0.25, 0.3) is 6.08 Å². The van der Waals surface area contributed by atoms with E-state index in [4.69, 9.17) is 4.74 Å². The van der Waals surface area contributed by atoms with Crippen molar-refractivity contribution in [1.29, 1.82) is 0 Å². The maximum Gasteiger partial charge on any atom is 0.185 e. The molecule has 0 atom stereocenters. The number of carbonyl (C=O) groups excluding carboxylic acids is 1. The Labute approximate surface area is 138 Å². The molecule has 0 radical (unpaired) electrons. The molecule has 0 N–H and O–H groups in total. The van der Waals surface area contributed by atoms with Crippen molar-refractivity contribution in [2.24, 2.45) is 0 Å². The third-order valence-electron chi connectivity index (χ3n) is 3.49. The third-order valence-corrected chi connectivity index (χ3v) is 3.99. The molecular formula is C19H15BrO2. The Balaban J connectivity index is 1.78. The molecule has 0 spiro atoms. The van der Waals surface area contributed by atoms with Gasteiger partial charge in [-0.25, -0.2) is 0 Å². The Bertz CT molecular complexity index is 771. The van der Waals surface area contributed by atoms with E-state index in [1.807, 2.05) is 61.5 Å². The molecule has 1 aliphatic heterocycles. The predicted octanol–water partition coefficient (Wildman–Crippen LogP) is 4.97. The van der Waals surface area contributed by atoms with Crippen molar-refractivity contribution in [3.8, 4) is 5.75 Å². The van der Waals surface area contributed by atoms with Crippen LogP contribution in [0.4, 0.5) is 0 Å². The van der Waals surface area contributed by atoms with Crippen molar-refractivity contribution < 1.29 is 9.53 Å². The summed E-state index contributed by atoms with van der Waals surface area (Å²) < 4.78 is 6.70. The lowest BCUT2D eigenvalue weighted by Crippen LogP contribution is -2.06. The SMILES string of the molecule is Cc1ccc(C(=O)/C=C/C2=Cc3cc(Br)ccc3OC2)cc1. The van der Waals surface area contributed by atoms with Crippen LogP contribution >= 0.6 is 15.9 Å². The summed E-state index contributed by atoms with van der Waals surface area (Å²) >= 11 is 3.45. The standard InChI is InChI=1S/C19H15BrO2/c1-13-2-5-15(6-3-13)18(21)8-4-14-10-16-11-17(20)7-9-19(16)22-12-14/h2-11H,12H2,1H3/b8-4+. The molecule has 3 heteroatoms. The first-order valence-electron chi connectivity index (χ1n) is 7.04. The summed E-state index contributed by atoms with van der Waals surface area (Å²) in [5.74, 6) is 0.867. The first-order chi connectivity index (χ1) is 10.6. The minimum absolute atomic E-state index is 0.000870. The van der Waals surface area contributed by atoms with E-state index in [-0.39, 0.29) is 5.78 Å². The topological polar surface area (TPSA) is 26.3 Å². The molecule has 0 saturated carbocycles. The number of ketones is 1. The molecule has 3 rings (SSSR count). The number of halogens is 1. The van der Waals surface area contributed by atoms with E-state index >= 15 is 0 Å². The summed E-state index contributed by atoms with van der Waals surface area (Å²) in [6, 6.07) is 13.5. The highest BCUT2D eigenvalue weighted by molar-refractivity contribution is 9.10. The van der Waals surface area contributed by atoms with Gasteiger partial charge in [0.15, 0.2) is 5.78 Å². The first-order valence-corrected chi connectivity index (χ1v) is 7.83. The van der Waals surface area contributed by atoms with Crippen LogP contribution in [0.3, 0.4) is 0 Å². The number of benzene rings is 2. The van der Waals surface area contributed by atoms with Gasteiger partial charge in [0.2, 0.25) is 0 Å². The van der Waals surface area contributed by atoms with Gasteiger partial charge in [-0.05, 0) is 42.8 Å². The Morgan fingerprint density at radius 3 is 2.73 bits per heavy atom. The fourth-order valence-corrected chi connectivity index (χ4v) is 2.64. The van der Waals surface area contributed by atoms with Crippen LogP contribution in [0.2, 0.25) is 0 Å². The zero-order chi connectivity index (χ0) is 15.5. The maximum absolute atomic E-state index is 12.1. The van der Waals surface area contributed by atoms with Crippen LogP contribution in [0.1, 0.15) is 21.5 Å². The lowest BCUT2D eigenvalue weighted by atomic mass is 10.0. The van der Waals surface area contributed by atoms with Crippen molar-refractivity contribution >= 4 is 27.8 Å². The van der Waals surface area contributed by atoms with Gasteiger partial charge in [0.25, 0.3) is 0 Å². The minimum atomic E-state index is 0.000870. The van der Waals surface area contributed by atoms with Gasteiger partial charge in [-0.3, -0.25) is 4.79 Å². The number of allylic oxidation sites excluding steroid dienone is 1. The summed E-state index contributed by atoms with van der Waals surface area (Å²) in [7, 11) is 0. The Hall–Kier alpha value is -2.13. The molecule has 0 aromatic heterocycles.